The van der Waals surface area contributed by atoms with Gasteiger partial charge in [0.2, 0.25) is 0 Å². The van der Waals surface area contributed by atoms with E-state index >= 15 is 0 Å². The molecular weight excluding hydrogens is 362 g/mol. The summed E-state index contributed by atoms with van der Waals surface area (Å²) in [6.07, 6.45) is 3.13. The highest BCUT2D eigenvalue weighted by molar-refractivity contribution is 6.30. The Hall–Kier alpha value is -3.44. The van der Waals surface area contributed by atoms with Crippen LogP contribution in [0, 0.1) is 0 Å². The van der Waals surface area contributed by atoms with Gasteiger partial charge in [-0.2, -0.15) is 0 Å². The van der Waals surface area contributed by atoms with E-state index in [9.17, 15) is 9.59 Å². The third-order valence-corrected chi connectivity index (χ3v) is 4.46. The summed E-state index contributed by atoms with van der Waals surface area (Å²) in [6, 6.07) is 17.3. The number of nitrogens with zero attached hydrogens (tertiary/aromatic N) is 1. The highest BCUT2D eigenvalue weighted by Gasteiger charge is 2.19. The predicted molar refractivity (Wildman–Crippen MR) is 107 cm³/mol. The van der Waals surface area contributed by atoms with Crippen molar-refractivity contribution in [3.8, 4) is 0 Å². The van der Waals surface area contributed by atoms with E-state index in [0.29, 0.717) is 38.4 Å². The van der Waals surface area contributed by atoms with E-state index in [2.05, 4.69) is 15.3 Å². The molecule has 2 aromatic heterocycles. The lowest BCUT2D eigenvalue weighted by molar-refractivity contribution is 0.104. The van der Waals surface area contributed by atoms with Gasteiger partial charge in [-0.05, 0) is 42.5 Å². The normalized spacial score (nSPS) is 10.7. The van der Waals surface area contributed by atoms with E-state index in [0.717, 1.165) is 0 Å². The number of rotatable bonds is 4. The van der Waals surface area contributed by atoms with Crippen LogP contribution in [0.1, 0.15) is 15.9 Å². The zero-order chi connectivity index (χ0) is 18.8. The molecule has 4 aromatic rings. The topological polar surface area (TPSA) is 74.8 Å². The molecule has 0 aliphatic carbocycles. The molecule has 0 saturated heterocycles. The van der Waals surface area contributed by atoms with Gasteiger partial charge in [0.1, 0.15) is 5.82 Å². The molecule has 0 aliphatic rings. The summed E-state index contributed by atoms with van der Waals surface area (Å²) in [4.78, 5) is 32.5. The van der Waals surface area contributed by atoms with Crippen molar-refractivity contribution in [2.24, 2.45) is 0 Å². The van der Waals surface area contributed by atoms with Crippen molar-refractivity contribution in [2.75, 3.05) is 5.32 Å². The van der Waals surface area contributed by atoms with Crippen LogP contribution >= 0.6 is 11.6 Å². The number of carbonyl (C=O) groups is 1. The molecule has 0 fully saturated rings. The summed E-state index contributed by atoms with van der Waals surface area (Å²) >= 11 is 5.93. The van der Waals surface area contributed by atoms with Crippen LogP contribution in [0.3, 0.4) is 0 Å². The summed E-state index contributed by atoms with van der Waals surface area (Å²) in [7, 11) is 0. The molecule has 0 unspecified atom stereocenters. The number of fused-ring (bicyclic) bond motifs is 1. The summed E-state index contributed by atoms with van der Waals surface area (Å²) in [5.74, 6) is 0.129. The maximum atomic E-state index is 13.2. The minimum absolute atomic E-state index is 0.207. The monoisotopic (exact) mass is 375 g/mol. The molecule has 5 nitrogen and oxygen atoms in total. The Morgan fingerprint density at radius 3 is 2.30 bits per heavy atom. The molecule has 2 N–H and O–H groups in total. The summed E-state index contributed by atoms with van der Waals surface area (Å²) in [6.45, 7) is 0. The summed E-state index contributed by atoms with van der Waals surface area (Å²) in [5, 5.41) is 4.77. The second kappa shape index (κ2) is 7.05. The van der Waals surface area contributed by atoms with Crippen LogP contribution in [-0.2, 0) is 0 Å². The molecule has 2 heterocycles. The number of benzene rings is 2. The quantitative estimate of drug-likeness (QED) is 0.513. The average molecular weight is 376 g/mol. The first-order valence-corrected chi connectivity index (χ1v) is 8.63. The minimum Gasteiger partial charge on any atom is -0.341 e. The van der Waals surface area contributed by atoms with Crippen molar-refractivity contribution < 1.29 is 4.79 Å². The molecule has 6 heteroatoms. The van der Waals surface area contributed by atoms with E-state index in [1.165, 1.54) is 0 Å². The molecule has 4 rings (SSSR count). The number of aromatic nitrogens is 2. The van der Waals surface area contributed by atoms with Crippen molar-refractivity contribution >= 4 is 39.7 Å². The molecule has 0 aliphatic heterocycles. The van der Waals surface area contributed by atoms with E-state index < -0.39 is 0 Å². The SMILES string of the molecule is O=C(c1ccncc1)c1c(Nc2ccc(Cl)cc2)[nH]c(=O)c2ccccc12. The standard InChI is InChI=1S/C21H14ClN3O2/c22-14-5-7-15(8-6-14)24-20-18(19(26)13-9-11-23-12-10-13)16-3-1-2-4-17(16)21(27)25-20/h1-12H,(H2,24,25,27). The van der Waals surface area contributed by atoms with Gasteiger partial charge in [-0.1, -0.05) is 29.8 Å². The molecule has 0 bridgehead atoms. The number of anilines is 2. The number of ketones is 1. The molecule has 2 aromatic carbocycles. The molecule has 132 valence electrons. The zero-order valence-corrected chi connectivity index (χ0v) is 14.8. The molecule has 0 spiro atoms. The van der Waals surface area contributed by atoms with Crippen LogP contribution in [-0.4, -0.2) is 15.8 Å². The lowest BCUT2D eigenvalue weighted by Gasteiger charge is -2.14. The Bertz CT molecular complexity index is 1190. The summed E-state index contributed by atoms with van der Waals surface area (Å²) < 4.78 is 0. The molecule has 0 radical (unpaired) electrons. The number of carbonyl (C=O) groups excluding carboxylic acids is 1. The Balaban J connectivity index is 1.93. The van der Waals surface area contributed by atoms with Crippen LogP contribution in [0.5, 0.6) is 0 Å². The number of hydrogen-bond acceptors (Lipinski definition) is 4. The smallest absolute Gasteiger partial charge is 0.257 e. The third-order valence-electron chi connectivity index (χ3n) is 4.21. The highest BCUT2D eigenvalue weighted by Crippen LogP contribution is 2.27. The van der Waals surface area contributed by atoms with Crippen molar-refractivity contribution in [1.82, 2.24) is 9.97 Å². The fourth-order valence-electron chi connectivity index (χ4n) is 2.93. The lowest BCUT2D eigenvalue weighted by atomic mass is 9.98. The maximum absolute atomic E-state index is 13.2. The third kappa shape index (κ3) is 3.32. The fourth-order valence-corrected chi connectivity index (χ4v) is 3.06. The lowest BCUT2D eigenvalue weighted by Crippen LogP contribution is -2.16. The fraction of sp³-hybridized carbons (Fsp3) is 0. The van der Waals surface area contributed by atoms with Crippen LogP contribution in [0.2, 0.25) is 5.02 Å². The molecule has 0 amide bonds. The van der Waals surface area contributed by atoms with Gasteiger partial charge in [-0.25, -0.2) is 0 Å². The van der Waals surface area contributed by atoms with Gasteiger partial charge in [-0.3, -0.25) is 14.6 Å². The Morgan fingerprint density at radius 2 is 1.59 bits per heavy atom. The average Bonchev–Trinajstić information content (AvgIpc) is 2.70. The highest BCUT2D eigenvalue weighted by atomic mass is 35.5. The zero-order valence-electron chi connectivity index (χ0n) is 14.1. The Labute approximate surface area is 159 Å². The van der Waals surface area contributed by atoms with E-state index in [-0.39, 0.29) is 11.3 Å². The van der Waals surface area contributed by atoms with Crippen LogP contribution in [0.4, 0.5) is 11.5 Å². The molecular formula is C21H14ClN3O2. The van der Waals surface area contributed by atoms with Gasteiger partial charge in [0, 0.05) is 39.4 Å². The first-order chi connectivity index (χ1) is 13.1. The van der Waals surface area contributed by atoms with Crippen LogP contribution in [0.25, 0.3) is 10.8 Å². The number of pyridine rings is 2. The number of halogens is 1. The van der Waals surface area contributed by atoms with E-state index in [1.807, 2.05) is 0 Å². The maximum Gasteiger partial charge on any atom is 0.257 e. The number of nitrogens with one attached hydrogen (secondary N) is 2. The first kappa shape index (κ1) is 17.0. The van der Waals surface area contributed by atoms with Gasteiger partial charge < -0.3 is 10.3 Å². The molecule has 0 saturated carbocycles. The van der Waals surface area contributed by atoms with Gasteiger partial charge >= 0.3 is 0 Å². The van der Waals surface area contributed by atoms with Crippen molar-refractivity contribution in [3.63, 3.8) is 0 Å². The van der Waals surface area contributed by atoms with Gasteiger partial charge in [0.05, 0.1) is 5.56 Å². The van der Waals surface area contributed by atoms with Crippen molar-refractivity contribution in [3.05, 3.63) is 99.6 Å². The van der Waals surface area contributed by atoms with Crippen LogP contribution in [0.15, 0.2) is 77.9 Å². The van der Waals surface area contributed by atoms with Crippen LogP contribution < -0.4 is 10.9 Å². The van der Waals surface area contributed by atoms with Crippen molar-refractivity contribution in [2.45, 2.75) is 0 Å². The first-order valence-electron chi connectivity index (χ1n) is 8.26. The number of aromatic amines is 1. The predicted octanol–water partition coefficient (Wildman–Crippen LogP) is 4.55. The number of hydrogen-bond donors (Lipinski definition) is 2. The molecule has 0 atom stereocenters. The van der Waals surface area contributed by atoms with E-state index in [4.69, 9.17) is 11.6 Å². The van der Waals surface area contributed by atoms with Gasteiger partial charge in [0.15, 0.2) is 5.78 Å². The second-order valence-corrected chi connectivity index (χ2v) is 6.38. The Morgan fingerprint density at radius 1 is 0.926 bits per heavy atom. The van der Waals surface area contributed by atoms with Crippen molar-refractivity contribution in [1.29, 1.82) is 0 Å². The largest absolute Gasteiger partial charge is 0.341 e. The van der Waals surface area contributed by atoms with Gasteiger partial charge in [0.25, 0.3) is 5.56 Å². The molecule has 27 heavy (non-hydrogen) atoms. The summed E-state index contributed by atoms with van der Waals surface area (Å²) in [5.41, 5.74) is 1.31. The Kier molecular flexibility index (Phi) is 4.44. The second-order valence-electron chi connectivity index (χ2n) is 5.95. The number of H-pyrrole nitrogens is 1. The minimum atomic E-state index is -0.270. The van der Waals surface area contributed by atoms with E-state index in [1.54, 1.807) is 73.1 Å². The van der Waals surface area contributed by atoms with Gasteiger partial charge in [-0.15, -0.1) is 0 Å².